The third-order valence-corrected chi connectivity index (χ3v) is 4.82. The third kappa shape index (κ3) is 3.40. The molecule has 0 saturated carbocycles. The molecular weight excluding hydrogens is 274 g/mol. The molecule has 0 aliphatic heterocycles. The standard InChI is InChI=1S/C11H16BrNOS/c1-8(13-3)9(2)15(14)11-6-4-5-10(12)7-11/h4-9,13H,1-3H3. The average molecular weight is 290 g/mol. The Balaban J connectivity index is 2.85. The summed E-state index contributed by atoms with van der Waals surface area (Å²) in [5.41, 5.74) is 0. The first kappa shape index (κ1) is 12.9. The number of hydrogen-bond donors (Lipinski definition) is 1. The fourth-order valence-electron chi connectivity index (χ4n) is 1.23. The van der Waals surface area contributed by atoms with Crippen molar-refractivity contribution in [3.8, 4) is 0 Å². The highest BCUT2D eigenvalue weighted by Gasteiger charge is 2.18. The predicted octanol–water partition coefficient (Wildman–Crippen LogP) is 2.55. The van der Waals surface area contributed by atoms with Crippen molar-refractivity contribution in [1.82, 2.24) is 5.32 Å². The minimum atomic E-state index is -0.961. The second kappa shape index (κ2) is 5.77. The van der Waals surface area contributed by atoms with Crippen molar-refractivity contribution in [2.45, 2.75) is 30.0 Å². The maximum Gasteiger partial charge on any atom is 0.0574 e. The Morgan fingerprint density at radius 1 is 1.40 bits per heavy atom. The summed E-state index contributed by atoms with van der Waals surface area (Å²) in [4.78, 5) is 0.874. The highest BCUT2D eigenvalue weighted by molar-refractivity contribution is 9.10. The topological polar surface area (TPSA) is 29.1 Å². The minimum absolute atomic E-state index is 0.101. The van der Waals surface area contributed by atoms with E-state index in [1.54, 1.807) is 0 Å². The lowest BCUT2D eigenvalue weighted by Gasteiger charge is -2.18. The zero-order valence-corrected chi connectivity index (χ0v) is 11.6. The van der Waals surface area contributed by atoms with Crippen LogP contribution < -0.4 is 5.32 Å². The van der Waals surface area contributed by atoms with Crippen LogP contribution in [0.3, 0.4) is 0 Å². The number of hydrogen-bond acceptors (Lipinski definition) is 2. The van der Waals surface area contributed by atoms with Crippen molar-refractivity contribution in [3.05, 3.63) is 28.7 Å². The predicted molar refractivity (Wildman–Crippen MR) is 68.5 cm³/mol. The molecule has 0 spiro atoms. The average Bonchev–Trinajstić information content (AvgIpc) is 2.26. The molecule has 1 aromatic carbocycles. The van der Waals surface area contributed by atoms with E-state index in [2.05, 4.69) is 21.2 Å². The van der Waals surface area contributed by atoms with Crippen LogP contribution in [0.2, 0.25) is 0 Å². The Labute approximate surface area is 102 Å². The molecular formula is C11H16BrNOS. The van der Waals surface area contributed by atoms with Gasteiger partial charge in [0.05, 0.1) is 16.0 Å². The normalized spacial score (nSPS) is 17.1. The molecule has 1 aromatic rings. The molecule has 0 aliphatic rings. The summed E-state index contributed by atoms with van der Waals surface area (Å²) in [7, 11) is 0.927. The lowest BCUT2D eigenvalue weighted by atomic mass is 10.3. The van der Waals surface area contributed by atoms with E-state index in [0.29, 0.717) is 0 Å². The van der Waals surface area contributed by atoms with Crippen LogP contribution in [0.5, 0.6) is 0 Å². The van der Waals surface area contributed by atoms with E-state index in [0.717, 1.165) is 9.37 Å². The maximum atomic E-state index is 12.1. The Morgan fingerprint density at radius 3 is 2.60 bits per heavy atom. The zero-order chi connectivity index (χ0) is 11.4. The third-order valence-electron chi connectivity index (χ3n) is 2.53. The van der Waals surface area contributed by atoms with E-state index >= 15 is 0 Å². The van der Waals surface area contributed by atoms with Crippen molar-refractivity contribution >= 4 is 26.7 Å². The summed E-state index contributed by atoms with van der Waals surface area (Å²) >= 11 is 3.38. The van der Waals surface area contributed by atoms with Crippen molar-refractivity contribution in [3.63, 3.8) is 0 Å². The van der Waals surface area contributed by atoms with Gasteiger partial charge in [0, 0.05) is 15.4 Å². The van der Waals surface area contributed by atoms with Gasteiger partial charge in [0.2, 0.25) is 0 Å². The minimum Gasteiger partial charge on any atom is -0.316 e. The first-order valence-electron chi connectivity index (χ1n) is 4.89. The molecule has 1 rings (SSSR count). The van der Waals surface area contributed by atoms with Crippen LogP contribution in [-0.4, -0.2) is 22.5 Å². The summed E-state index contributed by atoms with van der Waals surface area (Å²) in [5.74, 6) is 0. The maximum absolute atomic E-state index is 12.1. The van der Waals surface area contributed by atoms with Crippen molar-refractivity contribution in [1.29, 1.82) is 0 Å². The van der Waals surface area contributed by atoms with E-state index in [-0.39, 0.29) is 11.3 Å². The molecule has 0 saturated heterocycles. The highest BCUT2D eigenvalue weighted by atomic mass is 79.9. The zero-order valence-electron chi connectivity index (χ0n) is 9.16. The molecule has 3 unspecified atom stereocenters. The second-order valence-corrected chi connectivity index (χ2v) is 6.26. The van der Waals surface area contributed by atoms with Crippen LogP contribution in [0.15, 0.2) is 33.6 Å². The number of nitrogens with one attached hydrogen (secondary N) is 1. The van der Waals surface area contributed by atoms with E-state index in [4.69, 9.17) is 0 Å². The number of halogens is 1. The van der Waals surface area contributed by atoms with Gasteiger partial charge < -0.3 is 5.32 Å². The molecule has 0 bridgehead atoms. The molecule has 15 heavy (non-hydrogen) atoms. The van der Waals surface area contributed by atoms with E-state index in [1.807, 2.05) is 45.2 Å². The van der Waals surface area contributed by atoms with Gasteiger partial charge in [-0.1, -0.05) is 22.0 Å². The Kier molecular flexibility index (Phi) is 4.96. The van der Waals surface area contributed by atoms with Crippen LogP contribution in [0.4, 0.5) is 0 Å². The van der Waals surface area contributed by atoms with Gasteiger partial charge in [0.25, 0.3) is 0 Å². The first-order chi connectivity index (χ1) is 7.06. The first-order valence-corrected chi connectivity index (χ1v) is 6.90. The summed E-state index contributed by atoms with van der Waals surface area (Å²) in [5, 5.41) is 3.23. The smallest absolute Gasteiger partial charge is 0.0574 e. The fraction of sp³-hybridized carbons (Fsp3) is 0.455. The molecule has 0 radical (unpaired) electrons. The van der Waals surface area contributed by atoms with Crippen molar-refractivity contribution in [2.24, 2.45) is 0 Å². The van der Waals surface area contributed by atoms with Crippen molar-refractivity contribution < 1.29 is 4.21 Å². The van der Waals surface area contributed by atoms with E-state index in [1.165, 1.54) is 0 Å². The molecule has 0 fully saturated rings. The molecule has 2 nitrogen and oxygen atoms in total. The summed E-state index contributed by atoms with van der Waals surface area (Å²) in [6.07, 6.45) is 0. The lowest BCUT2D eigenvalue weighted by Crippen LogP contribution is -2.35. The molecule has 0 heterocycles. The van der Waals surface area contributed by atoms with Gasteiger partial charge in [-0.05, 0) is 39.1 Å². The Hall–Kier alpha value is -0.190. The Morgan fingerprint density at radius 2 is 2.07 bits per heavy atom. The summed E-state index contributed by atoms with van der Waals surface area (Å²) < 4.78 is 13.1. The van der Waals surface area contributed by atoms with Crippen LogP contribution >= 0.6 is 15.9 Å². The van der Waals surface area contributed by atoms with Gasteiger partial charge in [0.1, 0.15) is 0 Å². The quantitative estimate of drug-likeness (QED) is 0.923. The molecule has 1 N–H and O–H groups in total. The van der Waals surface area contributed by atoms with Gasteiger partial charge >= 0.3 is 0 Å². The summed E-state index contributed by atoms with van der Waals surface area (Å²) in [6, 6.07) is 7.90. The molecule has 84 valence electrons. The van der Waals surface area contributed by atoms with Crippen LogP contribution in [-0.2, 0) is 10.8 Å². The van der Waals surface area contributed by atoms with E-state index in [9.17, 15) is 4.21 Å². The van der Waals surface area contributed by atoms with Crippen molar-refractivity contribution in [2.75, 3.05) is 7.05 Å². The van der Waals surface area contributed by atoms with E-state index < -0.39 is 10.8 Å². The monoisotopic (exact) mass is 289 g/mol. The Bertz CT molecular complexity index is 356. The van der Waals surface area contributed by atoms with Gasteiger partial charge in [-0.2, -0.15) is 0 Å². The molecule has 0 aliphatic carbocycles. The SMILES string of the molecule is CNC(C)C(C)S(=O)c1cccc(Br)c1. The van der Waals surface area contributed by atoms with Crippen LogP contribution in [0.1, 0.15) is 13.8 Å². The van der Waals surface area contributed by atoms with Gasteiger partial charge in [0.15, 0.2) is 0 Å². The van der Waals surface area contributed by atoms with Crippen LogP contribution in [0, 0.1) is 0 Å². The molecule has 3 atom stereocenters. The molecule has 0 amide bonds. The van der Waals surface area contributed by atoms with Crippen LogP contribution in [0.25, 0.3) is 0 Å². The second-order valence-electron chi connectivity index (χ2n) is 3.54. The molecule has 0 aromatic heterocycles. The fourth-order valence-corrected chi connectivity index (χ4v) is 3.17. The van der Waals surface area contributed by atoms with Gasteiger partial charge in [-0.15, -0.1) is 0 Å². The largest absolute Gasteiger partial charge is 0.316 e. The van der Waals surface area contributed by atoms with Gasteiger partial charge in [-0.25, -0.2) is 0 Å². The number of benzene rings is 1. The highest BCUT2D eigenvalue weighted by Crippen LogP contribution is 2.18. The van der Waals surface area contributed by atoms with Gasteiger partial charge in [-0.3, -0.25) is 4.21 Å². The lowest BCUT2D eigenvalue weighted by molar-refractivity contribution is 0.584. The summed E-state index contributed by atoms with van der Waals surface area (Å²) in [6.45, 7) is 4.04. The number of rotatable bonds is 4. The molecule has 4 heteroatoms.